The molecule has 0 aliphatic rings. The Balaban J connectivity index is 4.22. The first-order valence-corrected chi connectivity index (χ1v) is 5.30. The molecule has 98 valence electrons. The molecule has 7 nitrogen and oxygen atoms in total. The smallest absolute Gasteiger partial charge is 0.323 e. The van der Waals surface area contributed by atoms with E-state index >= 15 is 0 Å². The van der Waals surface area contributed by atoms with Crippen LogP contribution in [0.5, 0.6) is 0 Å². The van der Waals surface area contributed by atoms with Crippen LogP contribution < -0.4 is 5.73 Å². The lowest BCUT2D eigenvalue weighted by Crippen LogP contribution is -2.39. The SMILES string of the molecule is CC(N)CCCC(=O)N(CC(=O)O)CC(=O)O. The molecule has 0 bridgehead atoms. The van der Waals surface area contributed by atoms with Crippen LogP contribution in [0.15, 0.2) is 0 Å². The molecule has 0 fully saturated rings. The van der Waals surface area contributed by atoms with Crippen molar-refractivity contribution in [3.05, 3.63) is 0 Å². The fourth-order valence-electron chi connectivity index (χ4n) is 1.29. The fraction of sp³-hybridized carbons (Fsp3) is 0.700. The van der Waals surface area contributed by atoms with E-state index in [1.54, 1.807) is 6.92 Å². The molecule has 1 unspecified atom stereocenters. The van der Waals surface area contributed by atoms with Gasteiger partial charge in [-0.05, 0) is 19.8 Å². The predicted octanol–water partition coefficient (Wildman–Crippen LogP) is -0.498. The molecule has 1 atom stereocenters. The quantitative estimate of drug-likeness (QED) is 0.531. The zero-order valence-corrected chi connectivity index (χ0v) is 9.76. The Morgan fingerprint density at radius 1 is 1.18 bits per heavy atom. The van der Waals surface area contributed by atoms with E-state index in [0.717, 1.165) is 4.90 Å². The minimum absolute atomic E-state index is 0.0322. The van der Waals surface area contributed by atoms with Gasteiger partial charge in [-0.25, -0.2) is 0 Å². The van der Waals surface area contributed by atoms with Crippen LogP contribution in [0.3, 0.4) is 0 Å². The molecule has 7 heteroatoms. The van der Waals surface area contributed by atoms with E-state index in [9.17, 15) is 14.4 Å². The highest BCUT2D eigenvalue weighted by Gasteiger charge is 2.19. The van der Waals surface area contributed by atoms with Crippen LogP contribution in [0, 0.1) is 0 Å². The summed E-state index contributed by atoms with van der Waals surface area (Å²) in [5, 5.41) is 17.1. The van der Waals surface area contributed by atoms with Crippen LogP contribution in [0.4, 0.5) is 0 Å². The van der Waals surface area contributed by atoms with Crippen molar-refractivity contribution in [3.8, 4) is 0 Å². The second-order valence-corrected chi connectivity index (χ2v) is 3.91. The van der Waals surface area contributed by atoms with Crippen molar-refractivity contribution in [1.82, 2.24) is 4.90 Å². The molecule has 0 saturated heterocycles. The first-order chi connectivity index (χ1) is 7.82. The Kier molecular flexibility index (Phi) is 6.88. The maximum atomic E-state index is 11.6. The summed E-state index contributed by atoms with van der Waals surface area (Å²) in [5.74, 6) is -2.94. The van der Waals surface area contributed by atoms with Gasteiger partial charge in [-0.3, -0.25) is 14.4 Å². The molecule has 0 saturated carbocycles. The van der Waals surface area contributed by atoms with Gasteiger partial charge >= 0.3 is 11.9 Å². The molecule has 0 aliphatic carbocycles. The van der Waals surface area contributed by atoms with Crippen molar-refractivity contribution >= 4 is 17.8 Å². The molecule has 17 heavy (non-hydrogen) atoms. The summed E-state index contributed by atoms with van der Waals surface area (Å²) in [5.41, 5.74) is 5.50. The number of carbonyl (C=O) groups excluding carboxylic acids is 1. The molecule has 0 heterocycles. The number of carboxylic acids is 2. The van der Waals surface area contributed by atoms with Gasteiger partial charge in [0.2, 0.25) is 5.91 Å². The second kappa shape index (κ2) is 7.61. The van der Waals surface area contributed by atoms with Crippen LogP contribution in [0.25, 0.3) is 0 Å². The molecule has 1 amide bonds. The number of nitrogens with zero attached hydrogens (tertiary/aromatic N) is 1. The van der Waals surface area contributed by atoms with Crippen LogP contribution in [0.2, 0.25) is 0 Å². The highest BCUT2D eigenvalue weighted by molar-refractivity contribution is 5.85. The standard InChI is InChI=1S/C10H18N2O5/c1-7(11)3-2-4-8(13)12(5-9(14)15)6-10(16)17/h7H,2-6,11H2,1H3,(H,14,15)(H,16,17). The molecule has 0 aliphatic heterocycles. The molecule has 0 aromatic carbocycles. The Bertz CT molecular complexity index is 274. The summed E-state index contributed by atoms with van der Waals surface area (Å²) >= 11 is 0. The molecule has 4 N–H and O–H groups in total. The first kappa shape index (κ1) is 15.4. The van der Waals surface area contributed by atoms with Gasteiger partial charge in [-0.2, -0.15) is 0 Å². The second-order valence-electron chi connectivity index (χ2n) is 3.91. The van der Waals surface area contributed by atoms with Crippen molar-refractivity contribution < 1.29 is 24.6 Å². The number of aliphatic carboxylic acids is 2. The van der Waals surface area contributed by atoms with Gasteiger partial charge in [0.05, 0.1) is 0 Å². The third-order valence-electron chi connectivity index (χ3n) is 2.06. The van der Waals surface area contributed by atoms with Gasteiger partial charge in [0, 0.05) is 12.5 Å². The molecular formula is C10H18N2O5. The zero-order valence-electron chi connectivity index (χ0n) is 9.76. The minimum atomic E-state index is -1.23. The maximum absolute atomic E-state index is 11.6. The lowest BCUT2D eigenvalue weighted by atomic mass is 10.1. The van der Waals surface area contributed by atoms with Crippen molar-refractivity contribution in [2.75, 3.05) is 13.1 Å². The number of hydrogen-bond donors (Lipinski definition) is 3. The molecule has 0 rings (SSSR count). The number of hydrogen-bond acceptors (Lipinski definition) is 4. The number of rotatable bonds is 8. The average molecular weight is 246 g/mol. The predicted molar refractivity (Wildman–Crippen MR) is 59.4 cm³/mol. The van der Waals surface area contributed by atoms with Gasteiger partial charge in [-0.1, -0.05) is 0 Å². The highest BCUT2D eigenvalue weighted by atomic mass is 16.4. The third kappa shape index (κ3) is 8.21. The average Bonchev–Trinajstić information content (AvgIpc) is 2.14. The summed E-state index contributed by atoms with van der Waals surface area (Å²) in [4.78, 5) is 33.3. The molecular weight excluding hydrogens is 228 g/mol. The fourth-order valence-corrected chi connectivity index (χ4v) is 1.29. The number of amides is 1. The third-order valence-corrected chi connectivity index (χ3v) is 2.06. The van der Waals surface area contributed by atoms with Crippen LogP contribution in [-0.2, 0) is 14.4 Å². The first-order valence-electron chi connectivity index (χ1n) is 5.30. The van der Waals surface area contributed by atoms with Crippen molar-refractivity contribution in [3.63, 3.8) is 0 Å². The summed E-state index contributed by atoms with van der Waals surface area (Å²) < 4.78 is 0. The topological polar surface area (TPSA) is 121 Å². The summed E-state index contributed by atoms with van der Waals surface area (Å²) in [7, 11) is 0. The van der Waals surface area contributed by atoms with E-state index in [1.165, 1.54) is 0 Å². The van der Waals surface area contributed by atoms with Crippen molar-refractivity contribution in [1.29, 1.82) is 0 Å². The molecule has 0 spiro atoms. The molecule has 0 aromatic rings. The van der Waals surface area contributed by atoms with Gasteiger partial charge < -0.3 is 20.8 Å². The zero-order chi connectivity index (χ0) is 13.4. The Morgan fingerprint density at radius 3 is 2.00 bits per heavy atom. The molecule has 0 radical (unpaired) electrons. The van der Waals surface area contributed by atoms with Crippen molar-refractivity contribution in [2.45, 2.75) is 32.2 Å². The Labute approximate surface area is 99.2 Å². The van der Waals surface area contributed by atoms with E-state index in [-0.39, 0.29) is 12.5 Å². The van der Waals surface area contributed by atoms with Crippen LogP contribution in [-0.4, -0.2) is 52.1 Å². The van der Waals surface area contributed by atoms with Crippen molar-refractivity contribution in [2.24, 2.45) is 5.73 Å². The summed E-state index contributed by atoms with van der Waals surface area (Å²) in [6, 6.07) is -0.0322. The van der Waals surface area contributed by atoms with Gasteiger partial charge in [0.1, 0.15) is 13.1 Å². The van der Waals surface area contributed by atoms with E-state index in [0.29, 0.717) is 12.8 Å². The number of nitrogens with two attached hydrogens (primary N) is 1. The lowest BCUT2D eigenvalue weighted by molar-refractivity contribution is -0.149. The molecule has 0 aromatic heterocycles. The Morgan fingerprint density at radius 2 is 1.65 bits per heavy atom. The monoisotopic (exact) mass is 246 g/mol. The van der Waals surface area contributed by atoms with E-state index < -0.39 is 30.9 Å². The number of carboxylic acid groups (broad SMARTS) is 2. The lowest BCUT2D eigenvalue weighted by Gasteiger charge is -2.18. The normalized spacial score (nSPS) is 11.9. The van der Waals surface area contributed by atoms with E-state index in [1.807, 2.05) is 0 Å². The van der Waals surface area contributed by atoms with Gasteiger partial charge in [0.15, 0.2) is 0 Å². The van der Waals surface area contributed by atoms with Gasteiger partial charge in [-0.15, -0.1) is 0 Å². The largest absolute Gasteiger partial charge is 0.480 e. The van der Waals surface area contributed by atoms with Crippen LogP contribution >= 0.6 is 0 Å². The summed E-state index contributed by atoms with van der Waals surface area (Å²) in [6.45, 7) is 0.614. The summed E-state index contributed by atoms with van der Waals surface area (Å²) in [6.07, 6.45) is 1.27. The maximum Gasteiger partial charge on any atom is 0.323 e. The van der Waals surface area contributed by atoms with E-state index in [4.69, 9.17) is 15.9 Å². The van der Waals surface area contributed by atoms with Gasteiger partial charge in [0.25, 0.3) is 0 Å². The number of carbonyl (C=O) groups is 3. The van der Waals surface area contributed by atoms with E-state index in [2.05, 4.69) is 0 Å². The minimum Gasteiger partial charge on any atom is -0.480 e. The highest BCUT2D eigenvalue weighted by Crippen LogP contribution is 2.03. The Hall–Kier alpha value is -1.63. The van der Waals surface area contributed by atoms with Crippen LogP contribution in [0.1, 0.15) is 26.2 Å².